The topological polar surface area (TPSA) is 46.6 Å². The molecule has 0 aliphatic heterocycles. The summed E-state index contributed by atoms with van der Waals surface area (Å²) in [6.45, 7) is 4.80. The van der Waals surface area contributed by atoms with Crippen LogP contribution in [0, 0.1) is 11.6 Å². The maximum atomic E-state index is 13.6. The van der Waals surface area contributed by atoms with Gasteiger partial charge in [-0.15, -0.1) is 6.58 Å². The van der Waals surface area contributed by atoms with E-state index < -0.39 is 35.6 Å². The van der Waals surface area contributed by atoms with Gasteiger partial charge in [-0.1, -0.05) is 12.1 Å². The number of amides is 1. The number of halogens is 2. The first-order valence-corrected chi connectivity index (χ1v) is 6.01. The Hall–Kier alpha value is -2.24. The van der Waals surface area contributed by atoms with E-state index in [2.05, 4.69) is 6.58 Å². The van der Waals surface area contributed by atoms with Gasteiger partial charge in [0.25, 0.3) is 5.91 Å². The van der Waals surface area contributed by atoms with E-state index in [-0.39, 0.29) is 13.2 Å². The third kappa shape index (κ3) is 3.88. The van der Waals surface area contributed by atoms with Crippen molar-refractivity contribution in [2.24, 2.45) is 0 Å². The lowest BCUT2D eigenvalue weighted by Gasteiger charge is -2.20. The Morgan fingerprint density at radius 1 is 1.35 bits per heavy atom. The van der Waals surface area contributed by atoms with Crippen molar-refractivity contribution in [1.29, 1.82) is 0 Å². The number of benzene rings is 1. The fourth-order valence-electron chi connectivity index (χ4n) is 1.60. The van der Waals surface area contributed by atoms with Crippen LogP contribution in [-0.4, -0.2) is 36.5 Å². The van der Waals surface area contributed by atoms with Gasteiger partial charge in [-0.2, -0.15) is 0 Å². The van der Waals surface area contributed by atoms with E-state index in [9.17, 15) is 18.4 Å². The molecule has 0 saturated heterocycles. The quantitative estimate of drug-likeness (QED) is 0.593. The van der Waals surface area contributed by atoms with Gasteiger partial charge >= 0.3 is 5.97 Å². The summed E-state index contributed by atoms with van der Waals surface area (Å²) >= 11 is 0. The minimum atomic E-state index is -0.979. The van der Waals surface area contributed by atoms with Crippen molar-refractivity contribution in [2.45, 2.75) is 6.92 Å². The molecule has 0 bridgehead atoms. The molecule has 0 saturated carbocycles. The molecule has 0 aliphatic carbocycles. The van der Waals surface area contributed by atoms with E-state index in [1.807, 2.05) is 0 Å². The number of carbonyl (C=O) groups excluding carboxylic acids is 2. The summed E-state index contributed by atoms with van der Waals surface area (Å²) in [5.41, 5.74) is -0.696. The molecule has 0 fully saturated rings. The van der Waals surface area contributed by atoms with E-state index in [0.29, 0.717) is 0 Å². The van der Waals surface area contributed by atoms with Crippen molar-refractivity contribution in [3.8, 4) is 0 Å². The standard InChI is InChI=1S/C14H15F2NO3/c1-3-8-17(9-12(18)20-4-2)14(19)13-10(15)6-5-7-11(13)16/h3,5-7H,1,4,8-9H2,2H3. The van der Waals surface area contributed by atoms with Crippen LogP contribution < -0.4 is 0 Å². The number of hydrogen-bond donors (Lipinski definition) is 0. The third-order valence-electron chi connectivity index (χ3n) is 2.44. The first-order valence-electron chi connectivity index (χ1n) is 6.01. The van der Waals surface area contributed by atoms with Gasteiger partial charge in [0.1, 0.15) is 23.7 Å². The second-order valence-corrected chi connectivity index (χ2v) is 3.88. The number of esters is 1. The Morgan fingerprint density at radius 3 is 2.45 bits per heavy atom. The first kappa shape index (κ1) is 15.8. The normalized spacial score (nSPS) is 9.95. The van der Waals surface area contributed by atoms with Gasteiger partial charge in [-0.25, -0.2) is 8.78 Å². The number of nitrogens with zero attached hydrogens (tertiary/aromatic N) is 1. The van der Waals surface area contributed by atoms with Crippen LogP contribution in [0.3, 0.4) is 0 Å². The first-order chi connectivity index (χ1) is 9.51. The average molecular weight is 283 g/mol. The van der Waals surface area contributed by atoms with Gasteiger partial charge < -0.3 is 9.64 Å². The molecular formula is C14H15F2NO3. The number of ether oxygens (including phenoxy) is 1. The predicted molar refractivity (Wildman–Crippen MR) is 69.1 cm³/mol. The molecule has 1 rings (SSSR count). The third-order valence-corrected chi connectivity index (χ3v) is 2.44. The van der Waals surface area contributed by atoms with Crippen molar-refractivity contribution < 1.29 is 23.1 Å². The van der Waals surface area contributed by atoms with E-state index in [1.54, 1.807) is 6.92 Å². The molecule has 1 amide bonds. The van der Waals surface area contributed by atoms with Crippen molar-refractivity contribution in [3.63, 3.8) is 0 Å². The highest BCUT2D eigenvalue weighted by Crippen LogP contribution is 2.14. The second kappa shape index (κ2) is 7.37. The molecule has 0 aromatic heterocycles. The second-order valence-electron chi connectivity index (χ2n) is 3.88. The fourth-order valence-corrected chi connectivity index (χ4v) is 1.60. The Labute approximate surface area is 115 Å². The molecule has 6 heteroatoms. The molecule has 0 atom stereocenters. The van der Waals surface area contributed by atoms with Crippen molar-refractivity contribution in [1.82, 2.24) is 4.90 Å². The van der Waals surface area contributed by atoms with Crippen LogP contribution in [-0.2, 0) is 9.53 Å². The number of hydrogen-bond acceptors (Lipinski definition) is 3. The summed E-state index contributed by atoms with van der Waals surface area (Å²) < 4.78 is 31.8. The minimum absolute atomic E-state index is 0.0224. The molecule has 20 heavy (non-hydrogen) atoms. The van der Waals surface area contributed by atoms with E-state index >= 15 is 0 Å². The summed E-state index contributed by atoms with van der Waals surface area (Å²) in [5.74, 6) is -3.53. The SMILES string of the molecule is C=CCN(CC(=O)OCC)C(=O)c1c(F)cccc1F. The van der Waals surface area contributed by atoms with Crippen LogP contribution in [0.25, 0.3) is 0 Å². The predicted octanol–water partition coefficient (Wildman–Crippen LogP) is 2.16. The summed E-state index contributed by atoms with van der Waals surface area (Å²) in [7, 11) is 0. The summed E-state index contributed by atoms with van der Waals surface area (Å²) in [6.07, 6.45) is 1.36. The van der Waals surface area contributed by atoms with Crippen LogP contribution in [0.4, 0.5) is 8.78 Å². The highest BCUT2D eigenvalue weighted by molar-refractivity contribution is 5.96. The zero-order chi connectivity index (χ0) is 15.1. The van der Waals surface area contributed by atoms with Gasteiger partial charge in [0.2, 0.25) is 0 Å². The maximum absolute atomic E-state index is 13.6. The summed E-state index contributed by atoms with van der Waals surface area (Å²) in [4.78, 5) is 24.5. The molecule has 0 spiro atoms. The lowest BCUT2D eigenvalue weighted by molar-refractivity contribution is -0.143. The molecule has 0 radical (unpaired) electrons. The largest absolute Gasteiger partial charge is 0.465 e. The van der Waals surface area contributed by atoms with E-state index in [1.165, 1.54) is 6.08 Å². The smallest absolute Gasteiger partial charge is 0.325 e. The number of carbonyl (C=O) groups is 2. The number of rotatable bonds is 6. The molecule has 0 N–H and O–H groups in total. The minimum Gasteiger partial charge on any atom is -0.465 e. The van der Waals surface area contributed by atoms with E-state index in [0.717, 1.165) is 23.1 Å². The highest BCUT2D eigenvalue weighted by atomic mass is 19.1. The molecular weight excluding hydrogens is 268 g/mol. The van der Waals surface area contributed by atoms with Crippen molar-refractivity contribution in [2.75, 3.05) is 19.7 Å². The van der Waals surface area contributed by atoms with Crippen LogP contribution in [0.5, 0.6) is 0 Å². The van der Waals surface area contributed by atoms with Crippen molar-refractivity contribution in [3.05, 3.63) is 48.1 Å². The Bertz CT molecular complexity index is 497. The molecule has 0 heterocycles. The average Bonchev–Trinajstić information content (AvgIpc) is 2.38. The molecule has 108 valence electrons. The molecule has 4 nitrogen and oxygen atoms in total. The Kier molecular flexibility index (Phi) is 5.83. The Morgan fingerprint density at radius 2 is 1.95 bits per heavy atom. The lowest BCUT2D eigenvalue weighted by atomic mass is 10.1. The molecule has 0 aliphatic rings. The van der Waals surface area contributed by atoms with Gasteiger partial charge in [-0.3, -0.25) is 9.59 Å². The lowest BCUT2D eigenvalue weighted by Crippen LogP contribution is -2.37. The summed E-state index contributed by atoms with van der Waals surface area (Å²) in [5, 5.41) is 0. The Balaban J connectivity index is 2.99. The zero-order valence-corrected chi connectivity index (χ0v) is 11.1. The van der Waals surface area contributed by atoms with Gasteiger partial charge in [0.15, 0.2) is 0 Å². The molecule has 0 unspecified atom stereocenters. The van der Waals surface area contributed by atoms with Gasteiger partial charge in [0.05, 0.1) is 6.61 Å². The molecule has 1 aromatic carbocycles. The zero-order valence-electron chi connectivity index (χ0n) is 11.1. The van der Waals surface area contributed by atoms with Crippen LogP contribution in [0.1, 0.15) is 17.3 Å². The highest BCUT2D eigenvalue weighted by Gasteiger charge is 2.24. The van der Waals surface area contributed by atoms with Crippen LogP contribution in [0.2, 0.25) is 0 Å². The van der Waals surface area contributed by atoms with Crippen molar-refractivity contribution >= 4 is 11.9 Å². The van der Waals surface area contributed by atoms with E-state index in [4.69, 9.17) is 4.74 Å². The fraction of sp³-hybridized carbons (Fsp3) is 0.286. The van der Waals surface area contributed by atoms with Gasteiger partial charge in [-0.05, 0) is 19.1 Å². The van der Waals surface area contributed by atoms with Gasteiger partial charge in [0, 0.05) is 6.54 Å². The maximum Gasteiger partial charge on any atom is 0.325 e. The molecule has 1 aromatic rings. The summed E-state index contributed by atoms with van der Waals surface area (Å²) in [6, 6.07) is 3.12. The monoisotopic (exact) mass is 283 g/mol. The van der Waals surface area contributed by atoms with Crippen LogP contribution >= 0.6 is 0 Å². The van der Waals surface area contributed by atoms with Crippen LogP contribution in [0.15, 0.2) is 30.9 Å².